The number of amides is 1. The molecule has 2 aromatic rings. The topological polar surface area (TPSA) is 48.1 Å². The van der Waals surface area contributed by atoms with Crippen LogP contribution in [-0.4, -0.2) is 41.5 Å². The van der Waals surface area contributed by atoms with Crippen LogP contribution in [0.4, 0.5) is 0 Å². The third kappa shape index (κ3) is 2.06. The van der Waals surface area contributed by atoms with Crippen LogP contribution >= 0.6 is 0 Å². The van der Waals surface area contributed by atoms with E-state index in [1.807, 2.05) is 0 Å². The summed E-state index contributed by atoms with van der Waals surface area (Å²) in [5.74, 6) is 0.155. The van der Waals surface area contributed by atoms with Crippen molar-refractivity contribution in [1.29, 1.82) is 0 Å². The van der Waals surface area contributed by atoms with Gasteiger partial charge in [-0.25, -0.2) is 0 Å². The zero-order valence-electron chi connectivity index (χ0n) is 14.0. The average molecular weight is 321 g/mol. The fourth-order valence-corrected chi connectivity index (χ4v) is 4.48. The van der Waals surface area contributed by atoms with E-state index >= 15 is 0 Å². The third-order valence-corrected chi connectivity index (χ3v) is 6.06. The quantitative estimate of drug-likeness (QED) is 0.893. The summed E-state index contributed by atoms with van der Waals surface area (Å²) in [6.45, 7) is 0.808. The van der Waals surface area contributed by atoms with Gasteiger partial charge in [0, 0.05) is 35.7 Å². The van der Waals surface area contributed by atoms with Crippen molar-refractivity contribution in [3.8, 4) is 0 Å². The van der Waals surface area contributed by atoms with Crippen molar-refractivity contribution in [2.75, 3.05) is 13.6 Å². The smallest absolute Gasteiger partial charge is 0.228 e. The normalized spacial score (nSPS) is 26.6. The monoisotopic (exact) mass is 321 g/mol. The Morgan fingerprint density at radius 3 is 3.00 bits per heavy atom. The van der Waals surface area contributed by atoms with Crippen molar-refractivity contribution >= 4 is 22.4 Å². The molecule has 2 atom stereocenters. The average Bonchev–Trinajstić information content (AvgIpc) is 2.96. The number of hydrogen-bond acceptors (Lipinski definition) is 2. The van der Waals surface area contributed by atoms with E-state index in [4.69, 9.17) is 0 Å². The lowest BCUT2D eigenvalue weighted by Gasteiger charge is -2.40. The second-order valence-corrected chi connectivity index (χ2v) is 7.57. The van der Waals surface area contributed by atoms with Crippen LogP contribution in [0, 0.1) is 5.92 Å². The maximum atomic E-state index is 12.7. The first-order valence-corrected chi connectivity index (χ1v) is 9.02. The van der Waals surface area contributed by atoms with Gasteiger partial charge in [-0.05, 0) is 55.5 Å². The van der Waals surface area contributed by atoms with Gasteiger partial charge in [-0.15, -0.1) is 0 Å². The number of hydrogen-bond donors (Lipinski definition) is 2. The van der Waals surface area contributed by atoms with Crippen LogP contribution in [0.25, 0.3) is 16.5 Å². The van der Waals surface area contributed by atoms with E-state index in [1.165, 1.54) is 34.0 Å². The molecule has 0 bridgehead atoms. The van der Waals surface area contributed by atoms with Crippen LogP contribution in [0.2, 0.25) is 0 Å². The van der Waals surface area contributed by atoms with Crippen molar-refractivity contribution in [2.24, 2.45) is 5.92 Å². The summed E-state index contributed by atoms with van der Waals surface area (Å²) in [7, 11) is 2.15. The van der Waals surface area contributed by atoms with Gasteiger partial charge in [-0.1, -0.05) is 18.2 Å². The Kier molecular flexibility index (Phi) is 3.10. The molecular weight excluding hydrogens is 298 g/mol. The standard InChI is InChI=1S/C20H23N3O/c1-23-11-13(20(24)22-14-4-2-5-14)8-16-15-6-3-7-17-19(15)12(10-21-17)9-18(16)23/h3,6-8,10,13-14,18,21H,2,4-5,9,11H2,1H3,(H,22,24)/t13-,18+/m0/s1. The summed E-state index contributed by atoms with van der Waals surface area (Å²) < 4.78 is 0. The first-order chi connectivity index (χ1) is 11.7. The highest BCUT2D eigenvalue weighted by atomic mass is 16.2. The molecule has 1 aromatic heterocycles. The summed E-state index contributed by atoms with van der Waals surface area (Å²) in [6, 6.07) is 7.24. The first kappa shape index (κ1) is 14.3. The fraction of sp³-hybridized carbons (Fsp3) is 0.450. The minimum Gasteiger partial charge on any atom is -0.361 e. The molecule has 1 amide bonds. The molecule has 2 heterocycles. The number of nitrogens with zero attached hydrogens (tertiary/aromatic N) is 1. The summed E-state index contributed by atoms with van der Waals surface area (Å²) in [5.41, 5.74) is 5.22. The Balaban J connectivity index is 1.54. The highest BCUT2D eigenvalue weighted by molar-refractivity contribution is 5.99. The molecule has 1 aliphatic heterocycles. The Labute approximate surface area is 141 Å². The number of carbonyl (C=O) groups is 1. The lowest BCUT2D eigenvalue weighted by Crippen LogP contribution is -2.49. The van der Waals surface area contributed by atoms with Gasteiger partial charge in [0.2, 0.25) is 5.91 Å². The highest BCUT2D eigenvalue weighted by Gasteiger charge is 2.36. The summed E-state index contributed by atoms with van der Waals surface area (Å²) in [5, 5.41) is 4.57. The molecule has 1 aromatic carbocycles. The molecule has 4 nitrogen and oxygen atoms in total. The number of likely N-dealkylation sites (N-methyl/N-ethyl adjacent to an activating group) is 1. The van der Waals surface area contributed by atoms with Crippen molar-refractivity contribution in [3.05, 3.63) is 41.6 Å². The first-order valence-electron chi connectivity index (χ1n) is 9.02. The molecule has 0 radical (unpaired) electrons. The summed E-state index contributed by atoms with van der Waals surface area (Å²) in [6.07, 6.45) is 8.93. The van der Waals surface area contributed by atoms with Gasteiger partial charge in [0.25, 0.3) is 0 Å². The van der Waals surface area contributed by atoms with Crippen LogP contribution in [0.15, 0.2) is 30.5 Å². The van der Waals surface area contributed by atoms with E-state index < -0.39 is 0 Å². The molecule has 0 spiro atoms. The van der Waals surface area contributed by atoms with Crippen LogP contribution in [0.1, 0.15) is 30.4 Å². The number of H-pyrrole nitrogens is 1. The number of benzene rings is 1. The second kappa shape index (κ2) is 5.21. The molecule has 5 rings (SSSR count). The molecule has 124 valence electrons. The van der Waals surface area contributed by atoms with Crippen molar-refractivity contribution in [1.82, 2.24) is 15.2 Å². The molecule has 2 N–H and O–H groups in total. The van der Waals surface area contributed by atoms with Crippen LogP contribution in [0.5, 0.6) is 0 Å². The van der Waals surface area contributed by atoms with E-state index in [0.29, 0.717) is 12.1 Å². The second-order valence-electron chi connectivity index (χ2n) is 7.57. The Hall–Kier alpha value is -2.07. The van der Waals surface area contributed by atoms with E-state index in [1.54, 1.807) is 0 Å². The Bertz CT molecular complexity index is 846. The molecular formula is C20H23N3O. The van der Waals surface area contributed by atoms with Crippen LogP contribution in [-0.2, 0) is 11.2 Å². The van der Waals surface area contributed by atoms with E-state index in [2.05, 4.69) is 52.7 Å². The van der Waals surface area contributed by atoms with Gasteiger partial charge < -0.3 is 10.3 Å². The number of rotatable bonds is 2. The van der Waals surface area contributed by atoms with Gasteiger partial charge >= 0.3 is 0 Å². The Morgan fingerprint density at radius 1 is 1.33 bits per heavy atom. The van der Waals surface area contributed by atoms with Gasteiger partial charge in [-0.2, -0.15) is 0 Å². The lowest BCUT2D eigenvalue weighted by atomic mass is 9.79. The molecule has 4 heteroatoms. The summed E-state index contributed by atoms with van der Waals surface area (Å²) >= 11 is 0. The van der Waals surface area contributed by atoms with Gasteiger partial charge in [0.05, 0.1) is 5.92 Å². The summed E-state index contributed by atoms with van der Waals surface area (Å²) in [4.78, 5) is 18.4. The molecule has 1 fully saturated rings. The maximum Gasteiger partial charge on any atom is 0.228 e. The van der Waals surface area contributed by atoms with E-state index in [9.17, 15) is 4.79 Å². The van der Waals surface area contributed by atoms with E-state index in [-0.39, 0.29) is 11.8 Å². The van der Waals surface area contributed by atoms with Gasteiger partial charge in [-0.3, -0.25) is 9.69 Å². The number of carbonyl (C=O) groups excluding carboxylic acids is 1. The number of aromatic amines is 1. The maximum absolute atomic E-state index is 12.7. The fourth-order valence-electron chi connectivity index (χ4n) is 4.48. The number of fused-ring (bicyclic) bond motifs is 2. The largest absolute Gasteiger partial charge is 0.361 e. The highest BCUT2D eigenvalue weighted by Crippen LogP contribution is 2.40. The van der Waals surface area contributed by atoms with Crippen molar-refractivity contribution in [3.63, 3.8) is 0 Å². The van der Waals surface area contributed by atoms with Gasteiger partial charge in [0.1, 0.15) is 0 Å². The lowest BCUT2D eigenvalue weighted by molar-refractivity contribution is -0.125. The zero-order valence-corrected chi connectivity index (χ0v) is 14.0. The predicted octanol–water partition coefficient (Wildman–Crippen LogP) is 2.71. The van der Waals surface area contributed by atoms with Gasteiger partial charge in [0.15, 0.2) is 0 Å². The minimum atomic E-state index is -0.0439. The van der Waals surface area contributed by atoms with Crippen LogP contribution in [0.3, 0.4) is 0 Å². The molecule has 1 saturated carbocycles. The minimum absolute atomic E-state index is 0.0439. The molecule has 0 saturated heterocycles. The zero-order chi connectivity index (χ0) is 16.3. The SMILES string of the molecule is CN1C[C@@H](C(=O)NC2CCC2)C=C2c3cccc4[nH]cc(c34)C[C@H]21. The molecule has 2 aliphatic carbocycles. The third-order valence-electron chi connectivity index (χ3n) is 6.06. The molecule has 3 aliphatic rings. The molecule has 24 heavy (non-hydrogen) atoms. The van der Waals surface area contributed by atoms with Crippen molar-refractivity contribution < 1.29 is 4.79 Å². The van der Waals surface area contributed by atoms with E-state index in [0.717, 1.165) is 25.8 Å². The van der Waals surface area contributed by atoms with Crippen molar-refractivity contribution in [2.45, 2.75) is 37.8 Å². The van der Waals surface area contributed by atoms with Crippen LogP contribution < -0.4 is 5.32 Å². The number of nitrogens with one attached hydrogen (secondary N) is 2. The number of aromatic nitrogens is 1. The predicted molar refractivity (Wildman–Crippen MR) is 95.7 cm³/mol. The Morgan fingerprint density at radius 2 is 2.21 bits per heavy atom. The molecule has 0 unspecified atom stereocenters.